The number of hydrogen-bond donors (Lipinski definition) is 1. The van der Waals surface area contributed by atoms with Crippen molar-refractivity contribution in [3.63, 3.8) is 0 Å². The van der Waals surface area contributed by atoms with E-state index in [1.807, 2.05) is 43.7 Å². The summed E-state index contributed by atoms with van der Waals surface area (Å²) in [7, 11) is 0. The van der Waals surface area contributed by atoms with E-state index in [9.17, 15) is 4.79 Å². The number of halogens is 1. The molecule has 0 radical (unpaired) electrons. The number of rotatable bonds is 7. The van der Waals surface area contributed by atoms with Gasteiger partial charge in [-0.2, -0.15) is 0 Å². The summed E-state index contributed by atoms with van der Waals surface area (Å²) in [4.78, 5) is 31.3. The van der Waals surface area contributed by atoms with Crippen LogP contribution in [0.3, 0.4) is 0 Å². The number of nitrogens with one attached hydrogen (secondary N) is 1. The van der Waals surface area contributed by atoms with Gasteiger partial charge in [0.25, 0.3) is 5.91 Å². The molecule has 0 spiro atoms. The summed E-state index contributed by atoms with van der Waals surface area (Å²) < 4.78 is 3.76. The highest BCUT2D eigenvalue weighted by Gasteiger charge is 2.27. The highest BCUT2D eigenvalue weighted by atomic mass is 35.5. The lowest BCUT2D eigenvalue weighted by atomic mass is 10.0. The third-order valence-electron chi connectivity index (χ3n) is 8.62. The predicted molar refractivity (Wildman–Crippen MR) is 169 cm³/mol. The molecule has 10 nitrogen and oxygen atoms in total. The summed E-state index contributed by atoms with van der Waals surface area (Å²) in [6, 6.07) is 16.4. The van der Waals surface area contributed by atoms with Crippen molar-refractivity contribution >= 4 is 23.2 Å². The zero-order valence-electron chi connectivity index (χ0n) is 24.6. The number of amides is 1. The molecule has 1 unspecified atom stereocenters. The van der Waals surface area contributed by atoms with Crippen LogP contribution in [-0.4, -0.2) is 66.3 Å². The Bertz CT molecular complexity index is 1750. The number of hydrogen-bond acceptors (Lipinski definition) is 7. The first-order valence-electron chi connectivity index (χ1n) is 15.0. The van der Waals surface area contributed by atoms with Crippen molar-refractivity contribution in [2.45, 2.75) is 38.9 Å². The van der Waals surface area contributed by atoms with Gasteiger partial charge in [0.1, 0.15) is 12.2 Å². The Morgan fingerprint density at radius 3 is 2.66 bits per heavy atom. The van der Waals surface area contributed by atoms with E-state index in [-0.39, 0.29) is 17.8 Å². The third-order valence-corrected chi connectivity index (χ3v) is 8.97. The minimum absolute atomic E-state index is 0.126. The Morgan fingerprint density at radius 1 is 1.00 bits per heavy atom. The smallest absolute Gasteiger partial charge is 0.291 e. The summed E-state index contributed by atoms with van der Waals surface area (Å²) in [6.45, 7) is 7.34. The summed E-state index contributed by atoms with van der Waals surface area (Å²) in [5.74, 6) is 0.615. The number of aromatic nitrogens is 6. The molecule has 7 rings (SSSR count). The second-order valence-corrected chi connectivity index (χ2v) is 11.9. The van der Waals surface area contributed by atoms with E-state index >= 15 is 0 Å². The first-order valence-corrected chi connectivity index (χ1v) is 15.4. The topological polar surface area (TPSA) is 97.0 Å². The van der Waals surface area contributed by atoms with Crippen LogP contribution in [0.5, 0.6) is 0 Å². The monoisotopic (exact) mass is 607 g/mol. The maximum Gasteiger partial charge on any atom is 0.291 e. The molecule has 224 valence electrons. The fraction of sp³-hybridized carbons (Fsp3) is 0.303. The molecule has 1 saturated heterocycles. The highest BCUT2D eigenvalue weighted by Crippen LogP contribution is 2.30. The van der Waals surface area contributed by atoms with Gasteiger partial charge in [0.05, 0.1) is 18.3 Å². The average molecular weight is 608 g/mol. The van der Waals surface area contributed by atoms with Crippen molar-refractivity contribution in [2.75, 3.05) is 31.1 Å². The fourth-order valence-electron chi connectivity index (χ4n) is 6.19. The van der Waals surface area contributed by atoms with Crippen LogP contribution in [0.4, 0.5) is 5.69 Å². The molecule has 1 fully saturated rings. The molecule has 3 aromatic heterocycles. The van der Waals surface area contributed by atoms with Crippen LogP contribution in [0.2, 0.25) is 5.02 Å². The first-order chi connectivity index (χ1) is 21.5. The Morgan fingerprint density at radius 2 is 1.84 bits per heavy atom. The average Bonchev–Trinajstić information content (AvgIpc) is 3.70. The maximum atomic E-state index is 13.3. The predicted octanol–water partition coefficient (Wildman–Crippen LogP) is 4.61. The van der Waals surface area contributed by atoms with Gasteiger partial charge in [-0.1, -0.05) is 35.9 Å². The SMILES string of the molecule is Cc1cccc(Cl)c1Cn1cnc(C(=O)NC2CCc3ccc(CN4CCN(c5ccncc5)CC4)cc3-n3ccnc32)n1. The number of fused-ring (bicyclic) bond motifs is 3. The van der Waals surface area contributed by atoms with Gasteiger partial charge < -0.3 is 14.8 Å². The highest BCUT2D eigenvalue weighted by molar-refractivity contribution is 6.31. The second kappa shape index (κ2) is 12.2. The zero-order chi connectivity index (χ0) is 30.0. The lowest BCUT2D eigenvalue weighted by Gasteiger charge is -2.36. The third kappa shape index (κ3) is 5.82. The van der Waals surface area contributed by atoms with E-state index in [1.54, 1.807) is 17.2 Å². The molecule has 1 amide bonds. The number of nitrogens with zero attached hydrogens (tertiary/aromatic N) is 8. The number of benzene rings is 2. The van der Waals surface area contributed by atoms with Crippen molar-refractivity contribution in [1.29, 1.82) is 0 Å². The number of anilines is 1. The Balaban J connectivity index is 1.02. The molecule has 44 heavy (non-hydrogen) atoms. The van der Waals surface area contributed by atoms with Crippen molar-refractivity contribution < 1.29 is 4.79 Å². The van der Waals surface area contributed by atoms with Crippen LogP contribution in [0.25, 0.3) is 5.69 Å². The van der Waals surface area contributed by atoms with Crippen molar-refractivity contribution in [1.82, 2.24) is 39.5 Å². The molecule has 0 saturated carbocycles. The molecule has 2 aromatic carbocycles. The van der Waals surface area contributed by atoms with Crippen LogP contribution in [0, 0.1) is 6.92 Å². The molecule has 1 atom stereocenters. The molecule has 11 heteroatoms. The molecule has 0 bridgehead atoms. The number of pyridine rings is 1. The molecule has 1 N–H and O–H groups in total. The Hall–Kier alpha value is -4.54. The van der Waals surface area contributed by atoms with E-state index in [0.29, 0.717) is 11.6 Å². The van der Waals surface area contributed by atoms with Crippen molar-refractivity contribution in [3.8, 4) is 5.69 Å². The van der Waals surface area contributed by atoms with E-state index < -0.39 is 0 Å². The molecule has 2 aliphatic heterocycles. The number of imidazole rings is 1. The molecular formula is C33H34ClN9O. The van der Waals surface area contributed by atoms with Crippen LogP contribution >= 0.6 is 11.6 Å². The quantitative estimate of drug-likeness (QED) is 0.289. The first kappa shape index (κ1) is 28.2. The van der Waals surface area contributed by atoms with E-state index in [4.69, 9.17) is 11.6 Å². The number of piperazine rings is 1. The molecular weight excluding hydrogens is 574 g/mol. The van der Waals surface area contributed by atoms with E-state index in [0.717, 1.165) is 68.2 Å². The zero-order valence-corrected chi connectivity index (χ0v) is 25.4. The Labute approximate surface area is 261 Å². The molecule has 0 aliphatic carbocycles. The number of carbonyl (C=O) groups is 1. The van der Waals surface area contributed by atoms with Gasteiger partial charge in [0.15, 0.2) is 0 Å². The van der Waals surface area contributed by atoms with Crippen LogP contribution in [0.15, 0.2) is 79.6 Å². The lowest BCUT2D eigenvalue weighted by Crippen LogP contribution is -2.45. The fourth-order valence-corrected chi connectivity index (χ4v) is 6.47. The Kier molecular flexibility index (Phi) is 7.84. The van der Waals surface area contributed by atoms with Gasteiger partial charge in [-0.25, -0.2) is 14.6 Å². The van der Waals surface area contributed by atoms with Gasteiger partial charge in [-0.15, -0.1) is 5.10 Å². The summed E-state index contributed by atoms with van der Waals surface area (Å²) >= 11 is 6.40. The van der Waals surface area contributed by atoms with E-state index in [1.165, 1.54) is 16.8 Å². The minimum atomic E-state index is -0.322. The minimum Gasteiger partial charge on any atom is -0.369 e. The molecule has 5 heterocycles. The second-order valence-electron chi connectivity index (χ2n) is 11.5. The molecule has 2 aliphatic rings. The van der Waals surface area contributed by atoms with Gasteiger partial charge in [-0.3, -0.25) is 14.7 Å². The van der Waals surface area contributed by atoms with E-state index in [2.05, 4.69) is 70.1 Å². The largest absolute Gasteiger partial charge is 0.369 e. The van der Waals surface area contributed by atoms with Crippen LogP contribution in [0.1, 0.15) is 51.2 Å². The number of carbonyl (C=O) groups excluding carboxylic acids is 1. The lowest BCUT2D eigenvalue weighted by molar-refractivity contribution is 0.0922. The summed E-state index contributed by atoms with van der Waals surface area (Å²) in [5.41, 5.74) is 6.89. The van der Waals surface area contributed by atoms with Gasteiger partial charge in [0.2, 0.25) is 5.82 Å². The van der Waals surface area contributed by atoms with Gasteiger partial charge >= 0.3 is 0 Å². The van der Waals surface area contributed by atoms with Crippen molar-refractivity contribution in [3.05, 3.63) is 119 Å². The standard InChI is InChI=1S/C33H34ClN9O/c1-23-3-2-4-28(34)27(23)21-42-22-37-31(39-42)33(44)38-29-8-7-25-6-5-24(19-30(25)43-14-13-36-32(29)43)20-40-15-17-41(18-16-40)26-9-11-35-12-10-26/h2-6,9-14,19,22,29H,7-8,15-18,20-21H2,1H3,(H,38,44). The summed E-state index contributed by atoms with van der Waals surface area (Å²) in [6.07, 6.45) is 10.6. The van der Waals surface area contributed by atoms with Crippen LogP contribution < -0.4 is 10.2 Å². The maximum absolute atomic E-state index is 13.3. The van der Waals surface area contributed by atoms with Crippen molar-refractivity contribution in [2.24, 2.45) is 0 Å². The number of aryl methyl sites for hydroxylation is 2. The van der Waals surface area contributed by atoms with Crippen LogP contribution in [-0.2, 0) is 19.5 Å². The molecule has 5 aromatic rings. The van der Waals surface area contributed by atoms with Gasteiger partial charge in [0, 0.05) is 68.2 Å². The normalized spacial score (nSPS) is 16.7. The summed E-state index contributed by atoms with van der Waals surface area (Å²) in [5, 5.41) is 8.26. The van der Waals surface area contributed by atoms with Gasteiger partial charge in [-0.05, 0) is 66.3 Å².